The van der Waals surface area contributed by atoms with Gasteiger partial charge in [-0.05, 0) is 56.6 Å². The molecule has 3 aromatic rings. The molecule has 4 rings (SSSR count). The minimum absolute atomic E-state index is 0.00119. The summed E-state index contributed by atoms with van der Waals surface area (Å²) in [6.07, 6.45) is 4.53. The Kier molecular flexibility index (Phi) is 7.07. The molecule has 160 valence electrons. The van der Waals surface area contributed by atoms with Crippen LogP contribution in [0.3, 0.4) is 0 Å². The van der Waals surface area contributed by atoms with Crippen LogP contribution in [-0.2, 0) is 11.3 Å². The number of likely N-dealkylation sites (tertiary alicyclic amines) is 1. The average molecular weight is 448 g/mol. The van der Waals surface area contributed by atoms with Crippen molar-refractivity contribution in [1.29, 1.82) is 0 Å². The molecule has 0 bridgehead atoms. The molecule has 1 aliphatic rings. The molecule has 0 spiro atoms. The number of carbonyl (C=O) groups is 1. The second kappa shape index (κ2) is 9.94. The summed E-state index contributed by atoms with van der Waals surface area (Å²) >= 11 is 3.61. The first-order chi connectivity index (χ1) is 14.6. The van der Waals surface area contributed by atoms with E-state index in [1.807, 2.05) is 11.8 Å². The summed E-state index contributed by atoms with van der Waals surface area (Å²) in [6.45, 7) is 4.21. The molecular formula is C22H26FN3O2S2. The lowest BCUT2D eigenvalue weighted by Gasteiger charge is -2.34. The fourth-order valence-electron chi connectivity index (χ4n) is 3.92. The lowest BCUT2D eigenvalue weighted by Crippen LogP contribution is -2.34. The first-order valence-electron chi connectivity index (χ1n) is 10.3. The van der Waals surface area contributed by atoms with E-state index in [4.69, 9.17) is 4.52 Å². The van der Waals surface area contributed by atoms with E-state index in [0.717, 1.165) is 42.8 Å². The number of carbonyl (C=O) groups excluding carboxylic acids is 1. The van der Waals surface area contributed by atoms with Crippen LogP contribution in [0.25, 0.3) is 11.0 Å². The van der Waals surface area contributed by atoms with Crippen LogP contribution in [0.5, 0.6) is 0 Å². The van der Waals surface area contributed by atoms with E-state index in [1.54, 1.807) is 17.4 Å². The molecule has 2 aromatic heterocycles. The van der Waals surface area contributed by atoms with Crippen LogP contribution in [-0.4, -0.2) is 34.8 Å². The van der Waals surface area contributed by atoms with Crippen LogP contribution < -0.4 is 5.32 Å². The van der Waals surface area contributed by atoms with Gasteiger partial charge in [0.05, 0.1) is 16.8 Å². The Morgan fingerprint density at radius 2 is 2.27 bits per heavy atom. The number of thioether (sulfide) groups is 1. The van der Waals surface area contributed by atoms with Gasteiger partial charge in [0.25, 0.3) is 0 Å². The number of nitrogens with one attached hydrogen (secondary N) is 1. The van der Waals surface area contributed by atoms with Crippen LogP contribution >= 0.6 is 23.1 Å². The maximum Gasteiger partial charge on any atom is 0.217 e. The molecule has 1 atom stereocenters. The second-order valence-electron chi connectivity index (χ2n) is 7.59. The summed E-state index contributed by atoms with van der Waals surface area (Å²) in [5.41, 5.74) is 1.47. The number of hydrogen-bond acceptors (Lipinski definition) is 6. The van der Waals surface area contributed by atoms with Crippen molar-refractivity contribution in [3.8, 4) is 0 Å². The summed E-state index contributed by atoms with van der Waals surface area (Å²) in [5.74, 6) is 0.754. The highest BCUT2D eigenvalue weighted by molar-refractivity contribution is 8.01. The monoisotopic (exact) mass is 447 g/mol. The molecule has 1 fully saturated rings. The largest absolute Gasteiger partial charge is 0.356 e. The quantitative estimate of drug-likeness (QED) is 0.371. The Morgan fingerprint density at radius 1 is 1.37 bits per heavy atom. The summed E-state index contributed by atoms with van der Waals surface area (Å²) in [4.78, 5) is 14.7. The van der Waals surface area contributed by atoms with Gasteiger partial charge in [-0.2, -0.15) is 0 Å². The predicted molar refractivity (Wildman–Crippen MR) is 119 cm³/mol. The van der Waals surface area contributed by atoms with E-state index in [0.29, 0.717) is 12.1 Å². The molecule has 1 aromatic carbocycles. The smallest absolute Gasteiger partial charge is 0.217 e. The van der Waals surface area contributed by atoms with E-state index in [-0.39, 0.29) is 17.8 Å². The fourth-order valence-corrected chi connectivity index (χ4v) is 6.04. The number of thiophene rings is 1. The minimum atomic E-state index is -0.295. The number of rotatable bonds is 8. The van der Waals surface area contributed by atoms with E-state index in [2.05, 4.69) is 27.5 Å². The number of halogens is 1. The van der Waals surface area contributed by atoms with Crippen LogP contribution in [0.15, 0.2) is 39.1 Å². The van der Waals surface area contributed by atoms with Gasteiger partial charge in [0.2, 0.25) is 5.91 Å². The van der Waals surface area contributed by atoms with Crippen LogP contribution in [0.4, 0.5) is 4.39 Å². The van der Waals surface area contributed by atoms with Crippen molar-refractivity contribution >= 4 is 40.0 Å². The van der Waals surface area contributed by atoms with Crippen molar-refractivity contribution in [3.05, 3.63) is 46.7 Å². The molecule has 0 aliphatic carbocycles. The van der Waals surface area contributed by atoms with Crippen LogP contribution in [0, 0.1) is 5.82 Å². The molecule has 0 saturated carbocycles. The number of nitrogens with zero attached hydrogens (tertiary/aromatic N) is 2. The molecule has 30 heavy (non-hydrogen) atoms. The molecule has 1 N–H and O–H groups in total. The Hall–Kier alpha value is -1.90. The summed E-state index contributed by atoms with van der Waals surface area (Å²) < 4.78 is 20.2. The van der Waals surface area contributed by atoms with Crippen LogP contribution in [0.2, 0.25) is 0 Å². The zero-order valence-corrected chi connectivity index (χ0v) is 18.7. The van der Waals surface area contributed by atoms with Gasteiger partial charge in [0, 0.05) is 29.0 Å². The normalized spacial score (nSPS) is 17.5. The van der Waals surface area contributed by atoms with Gasteiger partial charge in [-0.25, -0.2) is 4.39 Å². The third kappa shape index (κ3) is 5.22. The highest BCUT2D eigenvalue weighted by Crippen LogP contribution is 2.35. The first kappa shape index (κ1) is 21.3. The number of benzene rings is 1. The van der Waals surface area contributed by atoms with Crippen molar-refractivity contribution in [3.63, 3.8) is 0 Å². The third-order valence-corrected chi connectivity index (χ3v) is 7.77. The Morgan fingerprint density at radius 3 is 3.13 bits per heavy atom. The Balaban J connectivity index is 1.31. The number of aromatic nitrogens is 1. The average Bonchev–Trinajstić information content (AvgIpc) is 3.36. The van der Waals surface area contributed by atoms with Crippen molar-refractivity contribution in [1.82, 2.24) is 15.4 Å². The predicted octanol–water partition coefficient (Wildman–Crippen LogP) is 5.37. The van der Waals surface area contributed by atoms with Gasteiger partial charge in [0.15, 0.2) is 5.58 Å². The second-order valence-corrected chi connectivity index (χ2v) is 10.2. The topological polar surface area (TPSA) is 58.4 Å². The van der Waals surface area contributed by atoms with Crippen LogP contribution in [0.1, 0.15) is 49.2 Å². The van der Waals surface area contributed by atoms with Crippen molar-refractivity contribution in [2.24, 2.45) is 0 Å². The molecule has 1 unspecified atom stereocenters. The lowest BCUT2D eigenvalue weighted by molar-refractivity contribution is -0.119. The van der Waals surface area contributed by atoms with Gasteiger partial charge >= 0.3 is 0 Å². The van der Waals surface area contributed by atoms with E-state index in [9.17, 15) is 9.18 Å². The molecule has 3 heterocycles. The highest BCUT2D eigenvalue weighted by Gasteiger charge is 2.28. The molecule has 5 nitrogen and oxygen atoms in total. The maximum absolute atomic E-state index is 13.5. The number of fused-ring (bicyclic) bond motifs is 1. The minimum Gasteiger partial charge on any atom is -0.356 e. The van der Waals surface area contributed by atoms with Crippen molar-refractivity contribution in [2.75, 3.05) is 18.8 Å². The number of piperidine rings is 1. The first-order valence-corrected chi connectivity index (χ1v) is 12.1. The molecule has 0 radical (unpaired) electrons. The van der Waals surface area contributed by atoms with Gasteiger partial charge < -0.3 is 9.84 Å². The molecular weight excluding hydrogens is 421 g/mol. The van der Waals surface area contributed by atoms with Crippen molar-refractivity contribution in [2.45, 2.75) is 49.4 Å². The number of amides is 1. The zero-order chi connectivity index (χ0) is 20.9. The fraction of sp³-hybridized carbons (Fsp3) is 0.455. The van der Waals surface area contributed by atoms with E-state index in [1.165, 1.54) is 41.0 Å². The number of hydrogen-bond donors (Lipinski definition) is 1. The Bertz CT molecular complexity index is 1000. The Labute approximate surface area is 184 Å². The van der Waals surface area contributed by atoms with E-state index < -0.39 is 0 Å². The summed E-state index contributed by atoms with van der Waals surface area (Å²) in [6, 6.07) is 9.14. The molecule has 1 saturated heterocycles. The lowest BCUT2D eigenvalue weighted by atomic mass is 9.97. The highest BCUT2D eigenvalue weighted by atomic mass is 32.2. The maximum atomic E-state index is 13.5. The molecule has 8 heteroatoms. The van der Waals surface area contributed by atoms with Gasteiger partial charge in [-0.15, -0.1) is 23.1 Å². The molecule has 1 amide bonds. The summed E-state index contributed by atoms with van der Waals surface area (Å²) in [5, 5.41) is 8.07. The SMILES string of the molecule is CC(=O)NCc1ccc(SCCCN2CCCCC2c2noc3cc(F)ccc23)s1. The zero-order valence-electron chi connectivity index (χ0n) is 17.0. The van der Waals surface area contributed by atoms with Gasteiger partial charge in [-0.1, -0.05) is 11.6 Å². The van der Waals surface area contributed by atoms with Crippen molar-refractivity contribution < 1.29 is 13.7 Å². The standard InChI is InChI=1S/C22H26FN3O2S2/c1-15(27)24-14-17-7-9-21(30-17)29-12-4-11-26-10-3-2-5-19(26)22-18-8-6-16(23)13-20(18)28-25-22/h6-9,13,19H,2-5,10-12,14H2,1H3,(H,24,27). The van der Waals surface area contributed by atoms with E-state index >= 15 is 0 Å². The summed E-state index contributed by atoms with van der Waals surface area (Å²) in [7, 11) is 0. The van der Waals surface area contributed by atoms with Gasteiger partial charge in [0.1, 0.15) is 11.5 Å². The van der Waals surface area contributed by atoms with Gasteiger partial charge in [-0.3, -0.25) is 9.69 Å². The third-order valence-electron chi connectivity index (χ3n) is 5.37. The molecule has 1 aliphatic heterocycles.